The van der Waals surface area contributed by atoms with Crippen LogP contribution in [0.25, 0.3) is 11.4 Å². The molecule has 0 spiro atoms. The highest BCUT2D eigenvalue weighted by Crippen LogP contribution is 2.21. The molecule has 1 aliphatic rings. The Hall–Kier alpha value is -1.47. The van der Waals surface area contributed by atoms with Crippen LogP contribution in [0.4, 0.5) is 0 Å². The molecule has 1 aromatic heterocycles. The monoisotopic (exact) mass is 350 g/mol. The van der Waals surface area contributed by atoms with Crippen molar-refractivity contribution in [3.05, 3.63) is 46.7 Å². The minimum Gasteiger partial charge on any atom is -0.379 e. The molecule has 0 bridgehead atoms. The number of hydrogen-bond acceptors (Lipinski definition) is 4. The van der Waals surface area contributed by atoms with Gasteiger partial charge in [0.2, 0.25) is 0 Å². The molecule has 0 N–H and O–H groups in total. The summed E-state index contributed by atoms with van der Waals surface area (Å²) >= 11 is 11.6. The first-order valence-electron chi connectivity index (χ1n) is 7.53. The van der Waals surface area contributed by atoms with Crippen molar-refractivity contribution in [1.82, 2.24) is 19.2 Å². The molecule has 1 fully saturated rings. The predicted octanol–water partition coefficient (Wildman–Crippen LogP) is 3.21. The molecule has 7 heteroatoms. The Morgan fingerprint density at radius 1 is 1.26 bits per heavy atom. The van der Waals surface area contributed by atoms with Crippen LogP contribution in [0, 0.1) is 4.77 Å². The van der Waals surface area contributed by atoms with Crippen LogP contribution >= 0.6 is 23.8 Å². The van der Waals surface area contributed by atoms with Crippen LogP contribution in [0.15, 0.2) is 36.9 Å². The molecule has 0 atom stereocenters. The highest BCUT2D eigenvalue weighted by atomic mass is 35.5. The minimum absolute atomic E-state index is 0.625. The van der Waals surface area contributed by atoms with E-state index in [1.165, 1.54) is 0 Å². The number of hydrogen-bond donors (Lipinski definition) is 0. The lowest BCUT2D eigenvalue weighted by Crippen LogP contribution is -2.37. The minimum atomic E-state index is 0.625. The van der Waals surface area contributed by atoms with Crippen molar-refractivity contribution in [2.24, 2.45) is 0 Å². The second kappa shape index (κ2) is 7.40. The van der Waals surface area contributed by atoms with Crippen molar-refractivity contribution >= 4 is 23.8 Å². The van der Waals surface area contributed by atoms with Crippen LogP contribution in [-0.2, 0) is 18.0 Å². The Morgan fingerprint density at radius 2 is 1.96 bits per heavy atom. The lowest BCUT2D eigenvalue weighted by molar-refractivity contribution is 0.0209. The zero-order valence-corrected chi connectivity index (χ0v) is 14.4. The highest BCUT2D eigenvalue weighted by molar-refractivity contribution is 7.71. The third-order valence-corrected chi connectivity index (χ3v) is 4.46. The third-order valence-electron chi connectivity index (χ3n) is 3.77. The van der Waals surface area contributed by atoms with Crippen molar-refractivity contribution in [2.45, 2.75) is 13.2 Å². The van der Waals surface area contributed by atoms with Crippen LogP contribution in [0.3, 0.4) is 0 Å². The standard InChI is InChI=1S/C16H19ClN4OS/c1-2-7-20-15(13-3-5-14(17)6-4-13)18-21(16(20)23)12-19-8-10-22-11-9-19/h2-6H,1,7-12H2. The summed E-state index contributed by atoms with van der Waals surface area (Å²) in [7, 11) is 0. The molecule has 122 valence electrons. The number of nitrogens with zero attached hydrogens (tertiary/aromatic N) is 4. The maximum Gasteiger partial charge on any atom is 0.199 e. The lowest BCUT2D eigenvalue weighted by atomic mass is 10.2. The largest absolute Gasteiger partial charge is 0.379 e. The van der Waals surface area contributed by atoms with E-state index in [9.17, 15) is 0 Å². The van der Waals surface area contributed by atoms with Crippen molar-refractivity contribution in [3.8, 4) is 11.4 Å². The maximum atomic E-state index is 5.98. The fourth-order valence-electron chi connectivity index (χ4n) is 2.57. The van der Waals surface area contributed by atoms with E-state index in [1.807, 2.05) is 39.6 Å². The average Bonchev–Trinajstić information content (AvgIpc) is 2.87. The van der Waals surface area contributed by atoms with Crippen LogP contribution in [-0.4, -0.2) is 45.6 Å². The molecule has 0 amide bonds. The Bertz CT molecular complexity index is 732. The summed E-state index contributed by atoms with van der Waals surface area (Å²) in [4.78, 5) is 2.29. The van der Waals surface area contributed by atoms with Crippen LogP contribution in [0.5, 0.6) is 0 Å². The molecule has 1 saturated heterocycles. The van der Waals surface area contributed by atoms with E-state index in [4.69, 9.17) is 33.7 Å². The van der Waals surface area contributed by atoms with E-state index in [0.29, 0.717) is 23.0 Å². The summed E-state index contributed by atoms with van der Waals surface area (Å²) in [6.07, 6.45) is 1.83. The van der Waals surface area contributed by atoms with E-state index >= 15 is 0 Å². The molecule has 0 unspecified atom stereocenters. The van der Waals surface area contributed by atoms with Gasteiger partial charge >= 0.3 is 0 Å². The molecular formula is C16H19ClN4OS. The number of halogens is 1. The quantitative estimate of drug-likeness (QED) is 0.612. The fraction of sp³-hybridized carbons (Fsp3) is 0.375. The van der Waals surface area contributed by atoms with Gasteiger partial charge in [-0.15, -0.1) is 6.58 Å². The smallest absolute Gasteiger partial charge is 0.199 e. The Balaban J connectivity index is 1.94. The lowest BCUT2D eigenvalue weighted by Gasteiger charge is -2.26. The number of allylic oxidation sites excluding steroid dienone is 1. The van der Waals surface area contributed by atoms with Gasteiger partial charge in [-0.25, -0.2) is 4.68 Å². The van der Waals surface area contributed by atoms with E-state index < -0.39 is 0 Å². The van der Waals surface area contributed by atoms with Crippen LogP contribution < -0.4 is 0 Å². The molecule has 1 aromatic carbocycles. The van der Waals surface area contributed by atoms with E-state index in [0.717, 1.165) is 37.7 Å². The molecule has 3 rings (SSSR count). The molecule has 0 aliphatic carbocycles. The molecule has 2 heterocycles. The fourth-order valence-corrected chi connectivity index (χ4v) is 2.96. The molecular weight excluding hydrogens is 332 g/mol. The zero-order chi connectivity index (χ0) is 16.2. The van der Waals surface area contributed by atoms with Gasteiger partial charge in [-0.05, 0) is 36.5 Å². The molecule has 5 nitrogen and oxygen atoms in total. The maximum absolute atomic E-state index is 5.98. The van der Waals surface area contributed by atoms with Gasteiger partial charge in [0.15, 0.2) is 10.6 Å². The topological polar surface area (TPSA) is 35.2 Å². The molecule has 23 heavy (non-hydrogen) atoms. The number of aromatic nitrogens is 3. The van der Waals surface area contributed by atoms with Gasteiger partial charge in [-0.2, -0.15) is 5.10 Å². The van der Waals surface area contributed by atoms with Crippen molar-refractivity contribution in [2.75, 3.05) is 26.3 Å². The van der Waals surface area contributed by atoms with Crippen LogP contribution in [0.1, 0.15) is 0 Å². The Labute approximate surface area is 145 Å². The van der Waals surface area contributed by atoms with Gasteiger partial charge in [0, 0.05) is 30.2 Å². The average molecular weight is 351 g/mol. The Kier molecular flexibility index (Phi) is 5.27. The Morgan fingerprint density at radius 3 is 2.61 bits per heavy atom. The molecule has 0 saturated carbocycles. The number of rotatable bonds is 5. The van der Waals surface area contributed by atoms with E-state index in [1.54, 1.807) is 0 Å². The second-order valence-electron chi connectivity index (χ2n) is 5.38. The number of morpholine rings is 1. The first kappa shape index (κ1) is 16.4. The van der Waals surface area contributed by atoms with Gasteiger partial charge in [0.25, 0.3) is 0 Å². The molecule has 1 aliphatic heterocycles. The summed E-state index contributed by atoms with van der Waals surface area (Å²) < 4.78 is 9.94. The second-order valence-corrected chi connectivity index (χ2v) is 6.19. The number of ether oxygens (including phenoxy) is 1. The van der Waals surface area contributed by atoms with Gasteiger partial charge < -0.3 is 4.74 Å². The molecule has 2 aromatic rings. The van der Waals surface area contributed by atoms with Crippen molar-refractivity contribution < 1.29 is 4.74 Å². The van der Waals surface area contributed by atoms with Gasteiger partial charge in [-0.3, -0.25) is 9.47 Å². The van der Waals surface area contributed by atoms with E-state index in [2.05, 4.69) is 11.5 Å². The first-order chi connectivity index (χ1) is 11.2. The third kappa shape index (κ3) is 3.72. The van der Waals surface area contributed by atoms with Gasteiger partial charge in [-0.1, -0.05) is 17.7 Å². The summed E-state index contributed by atoms with van der Waals surface area (Å²) in [5.41, 5.74) is 0.989. The van der Waals surface area contributed by atoms with Crippen molar-refractivity contribution in [3.63, 3.8) is 0 Å². The summed E-state index contributed by atoms with van der Waals surface area (Å²) in [5, 5.41) is 5.43. The predicted molar refractivity (Wildman–Crippen MR) is 94.1 cm³/mol. The highest BCUT2D eigenvalue weighted by Gasteiger charge is 2.16. The van der Waals surface area contributed by atoms with Gasteiger partial charge in [0.1, 0.15) is 0 Å². The van der Waals surface area contributed by atoms with Gasteiger partial charge in [0.05, 0.1) is 19.9 Å². The van der Waals surface area contributed by atoms with Crippen LogP contribution in [0.2, 0.25) is 5.02 Å². The summed E-state index contributed by atoms with van der Waals surface area (Å²) in [6, 6.07) is 7.63. The number of benzene rings is 1. The normalized spacial score (nSPS) is 15.7. The molecule has 0 radical (unpaired) electrons. The van der Waals surface area contributed by atoms with E-state index in [-0.39, 0.29) is 0 Å². The zero-order valence-electron chi connectivity index (χ0n) is 12.8. The van der Waals surface area contributed by atoms with Crippen molar-refractivity contribution in [1.29, 1.82) is 0 Å². The SMILES string of the molecule is C=CCn1c(-c2ccc(Cl)cc2)nn(CN2CCOCC2)c1=S. The first-order valence-corrected chi connectivity index (χ1v) is 8.32. The summed E-state index contributed by atoms with van der Waals surface area (Å²) in [5.74, 6) is 0.833. The summed E-state index contributed by atoms with van der Waals surface area (Å²) in [6.45, 7) is 8.42.